The van der Waals surface area contributed by atoms with Crippen LogP contribution in [0.4, 0.5) is 17.3 Å². The number of anilines is 3. The van der Waals surface area contributed by atoms with Gasteiger partial charge >= 0.3 is 0 Å². The van der Waals surface area contributed by atoms with Gasteiger partial charge in [0.05, 0.1) is 11.7 Å². The molecule has 2 aromatic carbocycles. The molecule has 1 N–H and O–H groups in total. The molecule has 1 saturated heterocycles. The maximum atomic E-state index is 12.9. The zero-order valence-corrected chi connectivity index (χ0v) is 20.6. The molecule has 1 amide bonds. The van der Waals surface area contributed by atoms with Crippen LogP contribution in [0.25, 0.3) is 16.9 Å². The van der Waals surface area contributed by atoms with Crippen LogP contribution in [0.5, 0.6) is 0 Å². The molecule has 4 aromatic rings. The monoisotopic (exact) mass is 468 g/mol. The van der Waals surface area contributed by atoms with Crippen LogP contribution >= 0.6 is 0 Å². The maximum absolute atomic E-state index is 12.9. The zero-order chi connectivity index (χ0) is 24.4. The highest BCUT2D eigenvalue weighted by Gasteiger charge is 2.26. The lowest BCUT2D eigenvalue weighted by molar-refractivity contribution is -0.122. The van der Waals surface area contributed by atoms with E-state index in [2.05, 4.69) is 52.5 Å². The quantitative estimate of drug-likeness (QED) is 0.406. The molecule has 0 aliphatic carbocycles. The summed E-state index contributed by atoms with van der Waals surface area (Å²) in [6.45, 7) is 6.16. The summed E-state index contributed by atoms with van der Waals surface area (Å²) in [5.41, 5.74) is 5.92. The van der Waals surface area contributed by atoms with E-state index in [0.717, 1.165) is 47.8 Å². The number of likely N-dealkylation sites (N-methyl/N-ethyl adjacent to an activating group) is 1. The largest absolute Gasteiger partial charge is 0.323 e. The number of hydrogen-bond donors (Lipinski definition) is 1. The van der Waals surface area contributed by atoms with E-state index in [1.165, 1.54) is 18.4 Å². The van der Waals surface area contributed by atoms with Gasteiger partial charge in [-0.1, -0.05) is 37.3 Å². The Morgan fingerprint density at radius 2 is 1.74 bits per heavy atom. The number of nitrogens with zero attached hydrogens (tertiary/aromatic N) is 5. The van der Waals surface area contributed by atoms with Crippen LogP contribution < -0.4 is 10.2 Å². The van der Waals surface area contributed by atoms with Gasteiger partial charge in [0.1, 0.15) is 0 Å². The van der Waals surface area contributed by atoms with Crippen molar-refractivity contribution in [3.8, 4) is 11.3 Å². The van der Waals surface area contributed by atoms with E-state index < -0.39 is 0 Å². The molecule has 1 fully saturated rings. The molecule has 1 unspecified atom stereocenters. The van der Waals surface area contributed by atoms with Crippen molar-refractivity contribution in [2.45, 2.75) is 39.2 Å². The first kappa shape index (κ1) is 23.1. The van der Waals surface area contributed by atoms with E-state index in [9.17, 15) is 4.79 Å². The number of pyridine rings is 1. The highest BCUT2D eigenvalue weighted by atomic mass is 16.2. The fourth-order valence-corrected chi connectivity index (χ4v) is 4.68. The molecule has 0 saturated carbocycles. The maximum Gasteiger partial charge on any atom is 0.247 e. The third-order valence-electron chi connectivity index (χ3n) is 6.90. The van der Waals surface area contributed by atoms with Crippen molar-refractivity contribution < 1.29 is 4.79 Å². The summed E-state index contributed by atoms with van der Waals surface area (Å²) < 4.78 is 1.86. The number of amides is 1. The molecule has 2 aromatic heterocycles. The topological polar surface area (TPSA) is 65.8 Å². The molecule has 0 bridgehead atoms. The van der Waals surface area contributed by atoms with Crippen molar-refractivity contribution in [1.29, 1.82) is 0 Å². The number of likely N-dealkylation sites (tertiary alicyclic amines) is 1. The molecule has 1 atom stereocenters. The Morgan fingerprint density at radius 1 is 1.03 bits per heavy atom. The van der Waals surface area contributed by atoms with Crippen molar-refractivity contribution in [3.05, 3.63) is 72.3 Å². The minimum Gasteiger partial charge on any atom is -0.323 e. The lowest BCUT2D eigenvalue weighted by atomic mass is 10.1. The number of carbonyl (C=O) groups is 1. The van der Waals surface area contributed by atoms with E-state index in [1.807, 2.05) is 54.9 Å². The normalized spacial score (nSPS) is 14.8. The van der Waals surface area contributed by atoms with Crippen molar-refractivity contribution in [1.82, 2.24) is 19.5 Å². The number of nitrogens with one attached hydrogen (secondary N) is 1. The van der Waals surface area contributed by atoms with Gasteiger partial charge in [-0.25, -0.2) is 4.52 Å². The average Bonchev–Trinajstić information content (AvgIpc) is 3.58. The summed E-state index contributed by atoms with van der Waals surface area (Å²) in [5, 5.41) is 8.00. The molecule has 0 radical (unpaired) electrons. The lowest BCUT2D eigenvalue weighted by Gasteiger charge is -2.27. The van der Waals surface area contributed by atoms with Crippen LogP contribution in [0.3, 0.4) is 0 Å². The van der Waals surface area contributed by atoms with E-state index >= 15 is 0 Å². The molecule has 0 spiro atoms. The van der Waals surface area contributed by atoms with Gasteiger partial charge in [0.25, 0.3) is 0 Å². The highest BCUT2D eigenvalue weighted by Crippen LogP contribution is 2.24. The predicted molar refractivity (Wildman–Crippen MR) is 141 cm³/mol. The second kappa shape index (κ2) is 9.88. The number of aryl methyl sites for hydroxylation is 1. The summed E-state index contributed by atoms with van der Waals surface area (Å²) >= 11 is 0. The van der Waals surface area contributed by atoms with Crippen molar-refractivity contribution in [2.24, 2.45) is 0 Å². The van der Waals surface area contributed by atoms with Crippen LogP contribution in [-0.2, 0) is 11.2 Å². The van der Waals surface area contributed by atoms with Gasteiger partial charge in [0.2, 0.25) is 11.9 Å². The van der Waals surface area contributed by atoms with Crippen LogP contribution in [-0.4, -0.2) is 51.6 Å². The Hall–Kier alpha value is -3.71. The minimum absolute atomic E-state index is 0.102. The molecule has 1 aliphatic heterocycles. The Labute approximate surface area is 206 Å². The molecule has 1 aliphatic rings. The van der Waals surface area contributed by atoms with E-state index in [-0.39, 0.29) is 11.9 Å². The second-order valence-electron chi connectivity index (χ2n) is 9.16. The Morgan fingerprint density at radius 3 is 2.43 bits per heavy atom. The Balaban J connectivity index is 1.31. The third kappa shape index (κ3) is 4.77. The van der Waals surface area contributed by atoms with Gasteiger partial charge in [-0.05, 0) is 81.2 Å². The van der Waals surface area contributed by atoms with Gasteiger partial charge in [-0.3, -0.25) is 9.69 Å². The van der Waals surface area contributed by atoms with Gasteiger partial charge in [0, 0.05) is 24.0 Å². The van der Waals surface area contributed by atoms with Gasteiger partial charge in [-0.2, -0.15) is 4.98 Å². The van der Waals surface area contributed by atoms with Crippen molar-refractivity contribution in [3.63, 3.8) is 0 Å². The fraction of sp³-hybridized carbons (Fsp3) is 0.321. The number of fused-ring (bicyclic) bond motifs is 1. The molecule has 180 valence electrons. The molecule has 35 heavy (non-hydrogen) atoms. The number of benzene rings is 2. The smallest absolute Gasteiger partial charge is 0.247 e. The van der Waals surface area contributed by atoms with Gasteiger partial charge < -0.3 is 10.2 Å². The third-order valence-corrected chi connectivity index (χ3v) is 6.90. The molecule has 3 heterocycles. The van der Waals surface area contributed by atoms with Crippen molar-refractivity contribution in [2.75, 3.05) is 30.4 Å². The lowest BCUT2D eigenvalue weighted by Crippen LogP contribution is -2.44. The summed E-state index contributed by atoms with van der Waals surface area (Å²) in [6.07, 6.45) is 3.36. The van der Waals surface area contributed by atoms with Crippen LogP contribution in [0.2, 0.25) is 0 Å². The van der Waals surface area contributed by atoms with Gasteiger partial charge in [0.15, 0.2) is 5.65 Å². The SMILES string of the molecule is CCc1ccc(-c2cccc3nc(Nc4ccc(N(C)C(=O)C(C)N5CCCC5)cc4)nn23)cc1. The van der Waals surface area contributed by atoms with E-state index in [4.69, 9.17) is 5.10 Å². The fourth-order valence-electron chi connectivity index (χ4n) is 4.68. The first-order valence-corrected chi connectivity index (χ1v) is 12.4. The molecule has 7 nitrogen and oxygen atoms in total. The first-order valence-electron chi connectivity index (χ1n) is 12.4. The van der Waals surface area contributed by atoms with E-state index in [1.54, 1.807) is 4.90 Å². The summed E-state index contributed by atoms with van der Waals surface area (Å²) in [5.74, 6) is 0.650. The first-order chi connectivity index (χ1) is 17.0. The zero-order valence-electron chi connectivity index (χ0n) is 20.6. The number of hydrogen-bond acceptors (Lipinski definition) is 5. The summed E-state index contributed by atoms with van der Waals surface area (Å²) in [7, 11) is 1.84. The molecular weight excluding hydrogens is 436 g/mol. The van der Waals surface area contributed by atoms with Crippen LogP contribution in [0.15, 0.2) is 66.7 Å². The minimum atomic E-state index is -0.102. The molecule has 5 rings (SSSR count). The summed E-state index contributed by atoms with van der Waals surface area (Å²) in [4.78, 5) is 21.6. The highest BCUT2D eigenvalue weighted by molar-refractivity contribution is 5.96. The number of rotatable bonds is 7. The van der Waals surface area contributed by atoms with Crippen LogP contribution in [0.1, 0.15) is 32.3 Å². The van der Waals surface area contributed by atoms with Crippen molar-refractivity contribution >= 4 is 28.9 Å². The summed E-state index contributed by atoms with van der Waals surface area (Å²) in [6, 6.07) is 22.3. The van der Waals surface area contributed by atoms with E-state index in [0.29, 0.717) is 5.95 Å². The van der Waals surface area contributed by atoms with Gasteiger partial charge in [-0.15, -0.1) is 5.10 Å². The number of aromatic nitrogens is 3. The number of carbonyl (C=O) groups excluding carboxylic acids is 1. The average molecular weight is 469 g/mol. The second-order valence-corrected chi connectivity index (χ2v) is 9.16. The molecule has 7 heteroatoms. The Kier molecular flexibility index (Phi) is 6.51. The Bertz CT molecular complexity index is 1310. The predicted octanol–water partition coefficient (Wildman–Crippen LogP) is 5.15. The van der Waals surface area contributed by atoms with Crippen LogP contribution in [0, 0.1) is 0 Å². The standard InChI is InChI=1S/C28H32N6O/c1-4-21-10-12-22(13-11-21)25-8-7-9-26-30-28(31-34(25)26)29-23-14-16-24(17-15-23)32(3)27(35)20(2)33-18-5-6-19-33/h7-17,20H,4-6,18-19H2,1-3H3,(H,29,31). The molecular formula is C28H32N6O.